The van der Waals surface area contributed by atoms with Crippen LogP contribution in [0.2, 0.25) is 0 Å². The molecule has 7 heteroatoms. The number of nitrogens with zero attached hydrogens (tertiary/aromatic N) is 1. The Morgan fingerprint density at radius 1 is 1.35 bits per heavy atom. The minimum Gasteiger partial charge on any atom is -0.489 e. The van der Waals surface area contributed by atoms with Crippen LogP contribution in [0.15, 0.2) is 41.2 Å². The molecule has 0 spiro atoms. The van der Waals surface area contributed by atoms with Crippen LogP contribution in [0.25, 0.3) is 0 Å². The molecule has 1 heterocycles. The third-order valence-electron chi connectivity index (χ3n) is 3.15. The zero-order valence-corrected chi connectivity index (χ0v) is 12.7. The molecule has 0 saturated heterocycles. The Labute approximate surface area is 132 Å². The fourth-order valence-corrected chi connectivity index (χ4v) is 1.95. The van der Waals surface area contributed by atoms with Gasteiger partial charge in [0.25, 0.3) is 0 Å². The smallest absolute Gasteiger partial charge is 0.317 e. The number of hydrogen-bond acceptors (Lipinski definition) is 3. The summed E-state index contributed by atoms with van der Waals surface area (Å²) >= 11 is 0. The van der Waals surface area contributed by atoms with Gasteiger partial charge < -0.3 is 19.4 Å². The lowest BCUT2D eigenvalue weighted by atomic mass is 10.3. The quantitative estimate of drug-likeness (QED) is 0.796. The number of benzene rings is 1. The molecular formula is C16H18F2N2O3. The van der Waals surface area contributed by atoms with Crippen LogP contribution in [0, 0.1) is 11.6 Å². The summed E-state index contributed by atoms with van der Waals surface area (Å²) in [5.74, 6) is -1.49. The fraction of sp³-hybridized carbons (Fsp3) is 0.312. The summed E-state index contributed by atoms with van der Waals surface area (Å²) in [5, 5.41) is 2.68. The van der Waals surface area contributed by atoms with Crippen LogP contribution >= 0.6 is 0 Å². The van der Waals surface area contributed by atoms with Gasteiger partial charge in [0.1, 0.15) is 12.4 Å². The molecule has 0 aliphatic heterocycles. The molecule has 1 aromatic heterocycles. The molecule has 0 saturated carbocycles. The largest absolute Gasteiger partial charge is 0.489 e. The second kappa shape index (κ2) is 8.17. The van der Waals surface area contributed by atoms with Crippen LogP contribution in [0.5, 0.6) is 5.75 Å². The van der Waals surface area contributed by atoms with Gasteiger partial charge in [-0.15, -0.1) is 0 Å². The van der Waals surface area contributed by atoms with Crippen molar-refractivity contribution in [2.45, 2.75) is 13.5 Å². The lowest BCUT2D eigenvalue weighted by molar-refractivity contribution is 0.194. The minimum absolute atomic E-state index is 0.0496. The van der Waals surface area contributed by atoms with Crippen LogP contribution in [0.4, 0.5) is 13.6 Å². The third kappa shape index (κ3) is 4.98. The topological polar surface area (TPSA) is 54.7 Å². The Hall–Kier alpha value is -2.57. The van der Waals surface area contributed by atoms with E-state index >= 15 is 0 Å². The average Bonchev–Trinajstić information content (AvgIpc) is 3.03. The van der Waals surface area contributed by atoms with Gasteiger partial charge in [0, 0.05) is 18.2 Å². The zero-order chi connectivity index (χ0) is 16.7. The molecule has 124 valence electrons. The molecule has 0 radical (unpaired) electrons. The van der Waals surface area contributed by atoms with Crippen LogP contribution in [0.1, 0.15) is 12.5 Å². The normalized spacial score (nSPS) is 10.4. The first-order valence-corrected chi connectivity index (χ1v) is 7.22. The van der Waals surface area contributed by atoms with Crippen molar-refractivity contribution in [1.29, 1.82) is 0 Å². The van der Waals surface area contributed by atoms with Gasteiger partial charge in [-0.2, -0.15) is 0 Å². The van der Waals surface area contributed by atoms with Gasteiger partial charge in [0.05, 0.1) is 25.6 Å². The number of hydrogen-bond donors (Lipinski definition) is 1. The first kappa shape index (κ1) is 16.8. The number of ether oxygens (including phenoxy) is 1. The molecule has 1 N–H and O–H groups in total. The van der Waals surface area contributed by atoms with Crippen molar-refractivity contribution in [2.75, 3.05) is 19.7 Å². The standard InChI is InChI=1S/C16H18F2N2O3/c1-2-20(10-12-5-7-22-11-12)16(21)19-6-8-23-15-4-3-13(17)9-14(15)18/h3-5,7,9,11H,2,6,8,10H2,1H3,(H,19,21). The number of rotatable bonds is 7. The molecule has 2 aromatic rings. The van der Waals surface area contributed by atoms with E-state index in [9.17, 15) is 13.6 Å². The molecular weight excluding hydrogens is 306 g/mol. The van der Waals surface area contributed by atoms with Crippen molar-refractivity contribution in [3.63, 3.8) is 0 Å². The Morgan fingerprint density at radius 2 is 2.17 bits per heavy atom. The third-order valence-corrected chi connectivity index (χ3v) is 3.15. The van der Waals surface area contributed by atoms with Crippen LogP contribution in [-0.2, 0) is 6.54 Å². The summed E-state index contributed by atoms with van der Waals surface area (Å²) < 4.78 is 36.3. The zero-order valence-electron chi connectivity index (χ0n) is 12.7. The van der Waals surface area contributed by atoms with Crippen molar-refractivity contribution >= 4 is 6.03 Å². The van der Waals surface area contributed by atoms with Gasteiger partial charge in [-0.05, 0) is 25.1 Å². The highest BCUT2D eigenvalue weighted by atomic mass is 19.1. The molecule has 0 bridgehead atoms. The maximum atomic E-state index is 13.4. The summed E-state index contributed by atoms with van der Waals surface area (Å²) in [5.41, 5.74) is 0.895. The van der Waals surface area contributed by atoms with Crippen molar-refractivity contribution in [1.82, 2.24) is 10.2 Å². The lowest BCUT2D eigenvalue weighted by Crippen LogP contribution is -2.40. The molecule has 5 nitrogen and oxygen atoms in total. The number of carbonyl (C=O) groups excluding carboxylic acids is 1. The van der Waals surface area contributed by atoms with Crippen LogP contribution < -0.4 is 10.1 Å². The molecule has 2 rings (SSSR count). The Balaban J connectivity index is 1.75. The van der Waals surface area contributed by atoms with Gasteiger partial charge in [-0.3, -0.25) is 0 Å². The van der Waals surface area contributed by atoms with Crippen molar-refractivity contribution in [3.8, 4) is 5.75 Å². The first-order chi connectivity index (χ1) is 11.1. The lowest BCUT2D eigenvalue weighted by Gasteiger charge is -2.20. The van der Waals surface area contributed by atoms with E-state index in [2.05, 4.69) is 5.32 Å². The molecule has 0 unspecified atom stereocenters. The monoisotopic (exact) mass is 324 g/mol. The Morgan fingerprint density at radius 3 is 2.83 bits per heavy atom. The number of nitrogens with one attached hydrogen (secondary N) is 1. The molecule has 23 heavy (non-hydrogen) atoms. The van der Waals surface area contributed by atoms with Gasteiger partial charge in [-0.1, -0.05) is 0 Å². The van der Waals surface area contributed by atoms with E-state index in [4.69, 9.17) is 9.15 Å². The molecule has 0 aliphatic carbocycles. The van der Waals surface area contributed by atoms with E-state index < -0.39 is 11.6 Å². The molecule has 0 aliphatic rings. The highest BCUT2D eigenvalue weighted by Gasteiger charge is 2.12. The summed E-state index contributed by atoms with van der Waals surface area (Å²) in [6.45, 7) is 3.12. The summed E-state index contributed by atoms with van der Waals surface area (Å²) in [4.78, 5) is 13.6. The maximum Gasteiger partial charge on any atom is 0.317 e. The highest BCUT2D eigenvalue weighted by molar-refractivity contribution is 5.74. The van der Waals surface area contributed by atoms with Gasteiger partial charge in [0.15, 0.2) is 11.6 Å². The summed E-state index contributed by atoms with van der Waals surface area (Å²) in [6.07, 6.45) is 3.13. The first-order valence-electron chi connectivity index (χ1n) is 7.22. The molecule has 0 fully saturated rings. The summed E-state index contributed by atoms with van der Waals surface area (Å²) in [7, 11) is 0. The number of urea groups is 1. The van der Waals surface area contributed by atoms with Gasteiger partial charge in [-0.25, -0.2) is 13.6 Å². The Kier molecular flexibility index (Phi) is 5.96. The number of furan rings is 1. The maximum absolute atomic E-state index is 13.4. The predicted octanol–water partition coefficient (Wildman–Crippen LogP) is 3.17. The van der Waals surface area contributed by atoms with Crippen molar-refractivity contribution in [3.05, 3.63) is 54.0 Å². The fourth-order valence-electron chi connectivity index (χ4n) is 1.95. The van der Waals surface area contributed by atoms with Crippen LogP contribution in [-0.4, -0.2) is 30.6 Å². The minimum atomic E-state index is -0.772. The number of halogens is 2. The van der Waals surface area contributed by atoms with Crippen LogP contribution in [0.3, 0.4) is 0 Å². The number of carbonyl (C=O) groups is 1. The van der Waals surface area contributed by atoms with Gasteiger partial charge in [0.2, 0.25) is 0 Å². The van der Waals surface area contributed by atoms with Crippen molar-refractivity contribution in [2.24, 2.45) is 0 Å². The molecule has 0 atom stereocenters. The van der Waals surface area contributed by atoms with E-state index in [0.717, 1.165) is 17.7 Å². The SMILES string of the molecule is CCN(Cc1ccoc1)C(=O)NCCOc1ccc(F)cc1F. The highest BCUT2D eigenvalue weighted by Crippen LogP contribution is 2.17. The number of amides is 2. The van der Waals surface area contributed by atoms with E-state index in [1.165, 1.54) is 6.07 Å². The summed E-state index contributed by atoms with van der Waals surface area (Å²) in [6, 6.07) is 4.61. The van der Waals surface area contributed by atoms with Crippen molar-refractivity contribution < 1.29 is 22.7 Å². The van der Waals surface area contributed by atoms with E-state index in [1.807, 2.05) is 6.92 Å². The second-order valence-corrected chi connectivity index (χ2v) is 4.80. The molecule has 1 aromatic carbocycles. The average molecular weight is 324 g/mol. The second-order valence-electron chi connectivity index (χ2n) is 4.80. The van der Waals surface area contributed by atoms with Gasteiger partial charge >= 0.3 is 6.03 Å². The predicted molar refractivity (Wildman–Crippen MR) is 80.0 cm³/mol. The van der Waals surface area contributed by atoms with E-state index in [-0.39, 0.29) is 24.9 Å². The molecule has 2 amide bonds. The Bertz CT molecular complexity index is 632. The van der Waals surface area contributed by atoms with E-state index in [1.54, 1.807) is 23.5 Å². The van der Waals surface area contributed by atoms with E-state index in [0.29, 0.717) is 13.1 Å².